The van der Waals surface area contributed by atoms with E-state index >= 15 is 0 Å². The summed E-state index contributed by atoms with van der Waals surface area (Å²) in [6.07, 6.45) is 5.78. The van der Waals surface area contributed by atoms with Crippen molar-refractivity contribution < 1.29 is 21.2 Å². The minimum Gasteiger partial charge on any atom is -0.412 e. The van der Waals surface area contributed by atoms with Crippen molar-refractivity contribution in [2.45, 2.75) is 18.9 Å². The number of hydrogen-bond donors (Lipinski definition) is 0. The van der Waals surface area contributed by atoms with E-state index in [0.29, 0.717) is 6.04 Å². The molecule has 0 aliphatic carbocycles. The molecule has 74 valence electrons. The molecule has 2 rings (SSSR count). The first-order chi connectivity index (χ1) is 3.88. The summed E-state index contributed by atoms with van der Waals surface area (Å²) >= 11 is 0. The fraction of sp³-hybridized carbons (Fsp3) is 0.500. The molecule has 0 bridgehead atoms. The van der Waals surface area contributed by atoms with Gasteiger partial charge in [0.05, 0.1) is 0 Å². The molecule has 0 spiro atoms. The molecule has 6 N–H and O–H groups in total. The van der Waals surface area contributed by atoms with E-state index in [1.165, 1.54) is 0 Å². The van der Waals surface area contributed by atoms with Crippen LogP contribution in [0.1, 0.15) is 12.8 Å². The van der Waals surface area contributed by atoms with Crippen molar-refractivity contribution in [1.82, 2.24) is 4.90 Å². The molecule has 0 unspecified atom stereocenters. The zero-order valence-corrected chi connectivity index (χ0v) is 7.23. The van der Waals surface area contributed by atoms with Crippen LogP contribution in [0.5, 0.6) is 0 Å². The number of rotatable bonds is 0. The van der Waals surface area contributed by atoms with Crippen molar-refractivity contribution in [1.29, 1.82) is 0 Å². The van der Waals surface area contributed by atoms with Crippen molar-refractivity contribution in [3.63, 3.8) is 0 Å². The lowest BCUT2D eigenvalue weighted by Gasteiger charge is -2.32. The average molecular weight is 200 g/mol. The Labute approximate surface area is 76.4 Å². The molecule has 2 heterocycles. The van der Waals surface area contributed by atoms with Gasteiger partial charge in [0.25, 0.3) is 0 Å². The Bertz CT molecular complexity index is 173. The first kappa shape index (κ1) is 17.5. The highest BCUT2D eigenvalue weighted by Crippen LogP contribution is 2.27. The fourth-order valence-corrected chi connectivity index (χ4v) is 1.23. The second kappa shape index (κ2) is 5.96. The molecule has 0 aromatic rings. The molecule has 0 radical (unpaired) electrons. The van der Waals surface area contributed by atoms with E-state index in [1.54, 1.807) is 4.90 Å². The Morgan fingerprint density at radius 2 is 1.92 bits per heavy atom. The van der Waals surface area contributed by atoms with E-state index in [0.717, 1.165) is 12.8 Å². The van der Waals surface area contributed by atoms with Crippen LogP contribution in [0.4, 0.5) is 0 Å². The predicted octanol–water partition coefficient (Wildman–Crippen LogP) is -1.55. The van der Waals surface area contributed by atoms with Crippen molar-refractivity contribution >= 4 is 18.3 Å². The van der Waals surface area contributed by atoms with Crippen molar-refractivity contribution in [2.75, 3.05) is 0 Å². The van der Waals surface area contributed by atoms with Gasteiger partial charge in [-0.15, -0.1) is 12.4 Å². The van der Waals surface area contributed by atoms with Crippen LogP contribution in [-0.4, -0.2) is 33.3 Å². The van der Waals surface area contributed by atoms with Gasteiger partial charge in [-0.05, 0) is 6.42 Å². The predicted molar refractivity (Wildman–Crippen MR) is 47.1 cm³/mol. The zero-order chi connectivity index (χ0) is 5.56. The number of carbonyl (C=O) groups excluding carboxylic acids is 1. The van der Waals surface area contributed by atoms with Crippen LogP contribution in [-0.2, 0) is 4.79 Å². The van der Waals surface area contributed by atoms with E-state index in [9.17, 15) is 4.79 Å². The molecule has 0 saturated carbocycles. The second-order valence-corrected chi connectivity index (χ2v) is 2.28. The van der Waals surface area contributed by atoms with E-state index in [4.69, 9.17) is 0 Å². The first-order valence-corrected chi connectivity index (χ1v) is 2.86. The monoisotopic (exact) mass is 199 g/mol. The van der Waals surface area contributed by atoms with Crippen molar-refractivity contribution in [2.24, 2.45) is 0 Å². The average Bonchev–Trinajstić information content (AvgIpc) is 2.09. The third-order valence-electron chi connectivity index (χ3n) is 1.77. The number of β-lactam (4-membered cyclic amide) rings is 1. The lowest BCUT2D eigenvalue weighted by atomic mass is 10.0. The van der Waals surface area contributed by atoms with Crippen LogP contribution in [0.3, 0.4) is 0 Å². The second-order valence-electron chi connectivity index (χ2n) is 2.28. The number of carbonyl (C=O) groups is 1. The number of fused-ring (bicyclic) bond motifs is 1. The van der Waals surface area contributed by atoms with Crippen LogP contribution in [0.2, 0.25) is 0 Å². The number of nitrogens with zero attached hydrogens (tertiary/aromatic N) is 1. The minimum absolute atomic E-state index is 0. The molecule has 1 amide bonds. The van der Waals surface area contributed by atoms with Crippen LogP contribution in [0, 0.1) is 0 Å². The van der Waals surface area contributed by atoms with Gasteiger partial charge in [-0.2, -0.15) is 0 Å². The summed E-state index contributed by atoms with van der Waals surface area (Å²) < 4.78 is 0. The molecule has 1 saturated heterocycles. The maximum absolute atomic E-state index is 10.6. The third kappa shape index (κ3) is 2.18. The number of hydrogen-bond acceptors (Lipinski definition) is 1. The van der Waals surface area contributed by atoms with Gasteiger partial charge in [0.2, 0.25) is 5.91 Å². The molecule has 6 heteroatoms. The Morgan fingerprint density at radius 3 is 2.25 bits per heavy atom. The van der Waals surface area contributed by atoms with Gasteiger partial charge in [-0.25, -0.2) is 0 Å². The summed E-state index contributed by atoms with van der Waals surface area (Å²) in [7, 11) is 0. The van der Waals surface area contributed by atoms with Gasteiger partial charge in [-0.3, -0.25) is 4.79 Å². The quantitative estimate of drug-likeness (QED) is 0.432. The molecule has 2 aliphatic rings. The van der Waals surface area contributed by atoms with Crippen LogP contribution in [0.25, 0.3) is 0 Å². The Morgan fingerprint density at radius 1 is 1.33 bits per heavy atom. The molecular formula is C6H14ClNO4. The van der Waals surface area contributed by atoms with Crippen LogP contribution >= 0.6 is 12.4 Å². The minimum atomic E-state index is 0. The van der Waals surface area contributed by atoms with Crippen molar-refractivity contribution in [3.05, 3.63) is 12.3 Å². The summed E-state index contributed by atoms with van der Waals surface area (Å²) in [6.45, 7) is 0. The number of amides is 1. The summed E-state index contributed by atoms with van der Waals surface area (Å²) in [6, 6.07) is 0.544. The Kier molecular flexibility index (Phi) is 8.67. The lowest BCUT2D eigenvalue weighted by molar-refractivity contribution is -0.140. The third-order valence-corrected chi connectivity index (χ3v) is 1.77. The molecule has 1 atom stereocenters. The van der Waals surface area contributed by atoms with Gasteiger partial charge in [-0.1, -0.05) is 6.08 Å². The van der Waals surface area contributed by atoms with Crippen LogP contribution < -0.4 is 0 Å². The van der Waals surface area contributed by atoms with Gasteiger partial charge in [0, 0.05) is 18.7 Å². The zero-order valence-electron chi connectivity index (χ0n) is 6.41. The highest BCUT2D eigenvalue weighted by Gasteiger charge is 2.35. The van der Waals surface area contributed by atoms with Gasteiger partial charge in [0.15, 0.2) is 0 Å². The Balaban J connectivity index is -0.000000202. The maximum Gasteiger partial charge on any atom is 0.228 e. The van der Waals surface area contributed by atoms with Gasteiger partial charge < -0.3 is 21.3 Å². The Hall–Kier alpha value is -0.620. The molecule has 0 aromatic heterocycles. The van der Waals surface area contributed by atoms with E-state index < -0.39 is 0 Å². The highest BCUT2D eigenvalue weighted by atomic mass is 35.5. The molecule has 5 nitrogen and oxygen atoms in total. The first-order valence-electron chi connectivity index (χ1n) is 2.86. The standard InChI is InChI=1S/C6H7NO.ClH.3H2O/c8-6-4-5-2-1-3-7(5)6;;;;/h1,3,5H,2,4H2;1H;3*1H2/t5-;;;;/m1..../s1. The maximum atomic E-state index is 10.6. The van der Waals surface area contributed by atoms with Gasteiger partial charge >= 0.3 is 0 Å². The van der Waals surface area contributed by atoms with Gasteiger partial charge in [0.1, 0.15) is 0 Å². The molecule has 0 aromatic carbocycles. The van der Waals surface area contributed by atoms with E-state index in [-0.39, 0.29) is 34.7 Å². The normalized spacial score (nSPS) is 21.8. The topological polar surface area (TPSA) is 115 Å². The summed E-state index contributed by atoms with van der Waals surface area (Å²) in [5.74, 6) is 0.281. The van der Waals surface area contributed by atoms with Crippen molar-refractivity contribution in [3.8, 4) is 0 Å². The SMILES string of the molecule is Cl.O.O.O.O=C1C[C@H]2CC=CN12. The largest absolute Gasteiger partial charge is 0.412 e. The fourth-order valence-electron chi connectivity index (χ4n) is 1.23. The summed E-state index contributed by atoms with van der Waals surface area (Å²) in [4.78, 5) is 12.4. The highest BCUT2D eigenvalue weighted by molar-refractivity contribution is 5.85. The molecule has 1 fully saturated rings. The molecular weight excluding hydrogens is 186 g/mol. The molecule has 2 aliphatic heterocycles. The lowest BCUT2D eigenvalue weighted by Crippen LogP contribution is -2.45. The summed E-state index contributed by atoms with van der Waals surface area (Å²) in [5, 5.41) is 0. The smallest absolute Gasteiger partial charge is 0.228 e. The summed E-state index contributed by atoms with van der Waals surface area (Å²) in [5.41, 5.74) is 0. The van der Waals surface area contributed by atoms with E-state index in [2.05, 4.69) is 6.08 Å². The van der Waals surface area contributed by atoms with E-state index in [1.807, 2.05) is 6.20 Å². The molecule has 12 heavy (non-hydrogen) atoms. The number of halogens is 1. The van der Waals surface area contributed by atoms with Crippen LogP contribution in [0.15, 0.2) is 12.3 Å².